The SMILES string of the molecule is CC(C)(C)NC(=S)NC1CCCC1.CC(C)(C)NC=S.NC(=S)NC1CCCC1.NC1CCCC1.[B]. The molecule has 0 aliphatic heterocycles. The fraction of sp³-hybridized carbons (Fsp3) is 0.885. The van der Waals surface area contributed by atoms with Crippen molar-refractivity contribution in [1.29, 1.82) is 0 Å². The molecule has 3 fully saturated rings. The van der Waals surface area contributed by atoms with Crippen molar-refractivity contribution in [3.63, 3.8) is 0 Å². The Kier molecular flexibility index (Phi) is 21.1. The van der Waals surface area contributed by atoms with Gasteiger partial charge in [0.15, 0.2) is 10.2 Å². The number of hydrogen-bond acceptors (Lipinski definition) is 4. The molecule has 0 spiro atoms. The third-order valence-electron chi connectivity index (χ3n) is 5.77. The van der Waals surface area contributed by atoms with Gasteiger partial charge in [0.25, 0.3) is 0 Å². The zero-order valence-electron chi connectivity index (χ0n) is 23.8. The molecule has 3 radical (unpaired) electrons. The minimum Gasteiger partial charge on any atom is -0.378 e. The summed E-state index contributed by atoms with van der Waals surface area (Å²) in [5, 5.41) is 13.9. The molecule has 3 saturated carbocycles. The molecule has 0 bridgehead atoms. The summed E-state index contributed by atoms with van der Waals surface area (Å²) < 4.78 is 0. The van der Waals surface area contributed by atoms with Gasteiger partial charge in [-0.05, 0) is 105 Å². The first-order valence-electron chi connectivity index (χ1n) is 13.3. The van der Waals surface area contributed by atoms with Crippen LogP contribution in [0.5, 0.6) is 0 Å². The molecule has 0 atom stereocenters. The van der Waals surface area contributed by atoms with Crippen LogP contribution in [0.2, 0.25) is 0 Å². The van der Waals surface area contributed by atoms with E-state index in [9.17, 15) is 0 Å². The molecule has 6 nitrogen and oxygen atoms in total. The van der Waals surface area contributed by atoms with Gasteiger partial charge in [0.1, 0.15) is 0 Å². The second kappa shape index (κ2) is 20.3. The van der Waals surface area contributed by atoms with Crippen molar-refractivity contribution < 1.29 is 0 Å². The van der Waals surface area contributed by atoms with Gasteiger partial charge in [-0.1, -0.05) is 50.7 Å². The number of hydrogen-bond donors (Lipinski definition) is 6. The van der Waals surface area contributed by atoms with E-state index in [1.807, 2.05) is 0 Å². The summed E-state index contributed by atoms with van der Waals surface area (Å²) in [6, 6.07) is 1.73. The zero-order valence-corrected chi connectivity index (χ0v) is 26.2. The Morgan fingerprint density at radius 3 is 1.36 bits per heavy atom. The first-order valence-corrected chi connectivity index (χ1v) is 14.6. The molecule has 3 aliphatic rings. The minimum absolute atomic E-state index is 0. The van der Waals surface area contributed by atoms with Gasteiger partial charge in [0, 0.05) is 37.6 Å². The molecule has 8 N–H and O–H groups in total. The topological polar surface area (TPSA) is 100 Å². The van der Waals surface area contributed by atoms with E-state index in [0.717, 1.165) is 5.11 Å². The predicted molar refractivity (Wildman–Crippen MR) is 172 cm³/mol. The minimum atomic E-state index is 0. The van der Waals surface area contributed by atoms with Crippen LogP contribution in [0.15, 0.2) is 0 Å². The van der Waals surface area contributed by atoms with Crippen LogP contribution in [-0.4, -0.2) is 53.3 Å². The Balaban J connectivity index is 0. The molecule has 0 aromatic carbocycles. The van der Waals surface area contributed by atoms with E-state index in [1.54, 1.807) is 5.49 Å². The molecular formula is C26H54BN6S3. The fourth-order valence-electron chi connectivity index (χ4n) is 4.04. The maximum absolute atomic E-state index is 5.53. The van der Waals surface area contributed by atoms with Crippen molar-refractivity contribution >= 4 is 60.8 Å². The highest BCUT2D eigenvalue weighted by molar-refractivity contribution is 7.80. The molecule has 0 heterocycles. The maximum atomic E-state index is 5.53. The van der Waals surface area contributed by atoms with Crippen LogP contribution in [0.4, 0.5) is 0 Å². The standard InChI is InChI=1S/C10H20N2S.C6H12N2S.C5H11NS.C5H11N.B/c1-10(2,3)12-9(13)11-8-6-4-5-7-8;7-6(9)8-5-3-1-2-4-5;1-5(2,3)6-4-7;6-5-3-1-2-4-5;/h8H,4-7H2,1-3H3,(H2,11,12,13);5H,1-4H2,(H3,7,8,9);4H,1-3H3,(H,6,7);5H,1-4,6H2;. The third-order valence-corrected chi connectivity index (χ3v) is 6.23. The van der Waals surface area contributed by atoms with Gasteiger partial charge in [0.2, 0.25) is 0 Å². The molecule has 0 aromatic heterocycles. The van der Waals surface area contributed by atoms with E-state index in [4.69, 9.17) is 35.9 Å². The van der Waals surface area contributed by atoms with E-state index in [-0.39, 0.29) is 19.5 Å². The quantitative estimate of drug-likeness (QED) is 0.216. The van der Waals surface area contributed by atoms with Crippen LogP contribution in [0.1, 0.15) is 119 Å². The molecule has 0 unspecified atom stereocenters. The summed E-state index contributed by atoms with van der Waals surface area (Å²) in [5.41, 5.74) is 12.6. The van der Waals surface area contributed by atoms with Gasteiger partial charge in [-0.2, -0.15) is 0 Å². The highest BCUT2D eigenvalue weighted by Crippen LogP contribution is 2.18. The molecule has 0 amide bonds. The van der Waals surface area contributed by atoms with Crippen molar-refractivity contribution in [3.05, 3.63) is 0 Å². The number of thiocarbonyl (C=S) groups is 3. The Labute approximate surface area is 240 Å². The number of nitrogens with two attached hydrogens (primary N) is 2. The van der Waals surface area contributed by atoms with Crippen molar-refractivity contribution in [2.45, 2.75) is 148 Å². The van der Waals surface area contributed by atoms with Crippen molar-refractivity contribution in [1.82, 2.24) is 21.3 Å². The van der Waals surface area contributed by atoms with E-state index in [1.165, 1.54) is 77.0 Å². The monoisotopic (exact) mass is 557 g/mol. The van der Waals surface area contributed by atoms with Gasteiger partial charge in [-0.25, -0.2) is 0 Å². The Morgan fingerprint density at radius 1 is 0.722 bits per heavy atom. The van der Waals surface area contributed by atoms with Gasteiger partial charge >= 0.3 is 0 Å². The number of rotatable bonds is 3. The van der Waals surface area contributed by atoms with Gasteiger partial charge in [-0.3, -0.25) is 0 Å². The van der Waals surface area contributed by atoms with E-state index >= 15 is 0 Å². The van der Waals surface area contributed by atoms with Crippen molar-refractivity contribution in [3.8, 4) is 0 Å². The molecule has 0 aromatic rings. The summed E-state index contributed by atoms with van der Waals surface area (Å²) in [5.74, 6) is 0. The summed E-state index contributed by atoms with van der Waals surface area (Å²) in [6.45, 7) is 12.6. The summed E-state index contributed by atoms with van der Waals surface area (Å²) >= 11 is 14.5. The van der Waals surface area contributed by atoms with E-state index in [2.05, 4.69) is 75.0 Å². The van der Waals surface area contributed by atoms with Crippen LogP contribution >= 0.6 is 36.7 Å². The molecule has 0 saturated heterocycles. The fourth-order valence-corrected chi connectivity index (χ4v) is 5.03. The highest BCUT2D eigenvalue weighted by atomic mass is 32.1. The lowest BCUT2D eigenvalue weighted by Gasteiger charge is -2.25. The average molecular weight is 558 g/mol. The smallest absolute Gasteiger partial charge is 0.166 e. The largest absolute Gasteiger partial charge is 0.378 e. The van der Waals surface area contributed by atoms with Crippen LogP contribution in [-0.2, 0) is 0 Å². The third kappa shape index (κ3) is 25.0. The molecule has 10 heteroatoms. The first kappa shape index (κ1) is 37.4. The van der Waals surface area contributed by atoms with Crippen LogP contribution < -0.4 is 32.7 Å². The van der Waals surface area contributed by atoms with Crippen LogP contribution in [0, 0.1) is 0 Å². The van der Waals surface area contributed by atoms with Crippen LogP contribution in [0.3, 0.4) is 0 Å². The van der Waals surface area contributed by atoms with E-state index in [0.29, 0.717) is 23.2 Å². The Hall–Kier alpha value is -0.705. The number of nitrogens with one attached hydrogen (secondary N) is 4. The van der Waals surface area contributed by atoms with Gasteiger partial charge in [0.05, 0.1) is 5.49 Å². The average Bonchev–Trinajstić information content (AvgIpc) is 3.45. The van der Waals surface area contributed by atoms with Crippen LogP contribution in [0.25, 0.3) is 0 Å². The first-order chi connectivity index (χ1) is 16.2. The second-order valence-corrected chi connectivity index (χ2v) is 13.0. The van der Waals surface area contributed by atoms with E-state index < -0.39 is 0 Å². The Bertz CT molecular complexity index is 589. The summed E-state index contributed by atoms with van der Waals surface area (Å²) in [6.07, 6.45) is 15.6. The summed E-state index contributed by atoms with van der Waals surface area (Å²) in [4.78, 5) is 0. The molecule has 36 heavy (non-hydrogen) atoms. The van der Waals surface area contributed by atoms with Crippen molar-refractivity contribution in [2.24, 2.45) is 11.5 Å². The predicted octanol–water partition coefficient (Wildman–Crippen LogP) is 4.79. The second-order valence-electron chi connectivity index (χ2n) is 11.9. The summed E-state index contributed by atoms with van der Waals surface area (Å²) in [7, 11) is 0. The van der Waals surface area contributed by atoms with Crippen molar-refractivity contribution in [2.75, 3.05) is 0 Å². The molecular weight excluding hydrogens is 503 g/mol. The lowest BCUT2D eigenvalue weighted by atomic mass is 10.1. The normalized spacial score (nSPS) is 18.1. The Morgan fingerprint density at radius 2 is 1.11 bits per heavy atom. The lowest BCUT2D eigenvalue weighted by molar-refractivity contribution is 0.497. The lowest BCUT2D eigenvalue weighted by Crippen LogP contribution is -2.48. The van der Waals surface area contributed by atoms with Gasteiger partial charge in [-0.15, -0.1) is 0 Å². The zero-order chi connectivity index (χ0) is 26.9. The molecule has 209 valence electrons. The van der Waals surface area contributed by atoms with Gasteiger partial charge < -0.3 is 32.7 Å². The molecule has 3 rings (SSSR count). The highest BCUT2D eigenvalue weighted by Gasteiger charge is 2.18. The maximum Gasteiger partial charge on any atom is 0.166 e. The molecule has 3 aliphatic carbocycles.